The molecule has 0 spiro atoms. The molecule has 2 N–H and O–H groups in total. The van der Waals surface area contributed by atoms with E-state index in [4.69, 9.17) is 10.2 Å². The average molecular weight is 321 g/mol. The first-order chi connectivity index (χ1) is 7.25. The molecule has 0 aromatic heterocycles. The summed E-state index contributed by atoms with van der Waals surface area (Å²) in [7, 11) is 0. The zero-order chi connectivity index (χ0) is 13.1. The van der Waals surface area contributed by atoms with Gasteiger partial charge in [0.15, 0.2) is 0 Å². The summed E-state index contributed by atoms with van der Waals surface area (Å²) in [6, 6.07) is 0. The normalized spacial score (nSPS) is 8.12. The first-order valence-electron chi connectivity index (χ1n) is 4.68. The standard InChI is InChI=1S/2C5H8O3.Y/c2*1-4(6)2-3-5(7)8;/h2*2-3H2,1H3,(H,7,8);. The van der Waals surface area contributed by atoms with Gasteiger partial charge in [0.2, 0.25) is 0 Å². The molecule has 0 aromatic carbocycles. The number of carbonyl (C=O) groups is 4. The van der Waals surface area contributed by atoms with E-state index in [-0.39, 0.29) is 70.0 Å². The fourth-order valence-corrected chi connectivity index (χ4v) is 0.566. The smallest absolute Gasteiger partial charge is 0.303 e. The van der Waals surface area contributed by atoms with Crippen molar-refractivity contribution in [2.75, 3.05) is 0 Å². The Labute approximate surface area is 125 Å². The van der Waals surface area contributed by atoms with Crippen LogP contribution in [0, 0.1) is 0 Å². The fraction of sp³-hybridized carbons (Fsp3) is 0.600. The van der Waals surface area contributed by atoms with Crippen molar-refractivity contribution in [2.45, 2.75) is 39.5 Å². The summed E-state index contributed by atoms with van der Waals surface area (Å²) in [6.07, 6.45) is 0.204. The molecule has 0 aliphatic rings. The van der Waals surface area contributed by atoms with Gasteiger partial charge in [-0.25, -0.2) is 0 Å². The Kier molecular flexibility index (Phi) is 17.1. The predicted octanol–water partition coefficient (Wildman–Crippen LogP) is 0.878. The van der Waals surface area contributed by atoms with E-state index in [1.807, 2.05) is 0 Å². The minimum absolute atomic E-state index is 0. The third-order valence-electron chi connectivity index (χ3n) is 1.38. The van der Waals surface area contributed by atoms with Crippen molar-refractivity contribution < 1.29 is 62.1 Å². The van der Waals surface area contributed by atoms with Crippen LogP contribution in [-0.4, -0.2) is 33.7 Å². The van der Waals surface area contributed by atoms with E-state index < -0.39 is 11.9 Å². The minimum atomic E-state index is -0.916. The third-order valence-corrected chi connectivity index (χ3v) is 1.38. The van der Waals surface area contributed by atoms with Crippen LogP contribution in [0.3, 0.4) is 0 Å². The van der Waals surface area contributed by atoms with Crippen LogP contribution in [0.1, 0.15) is 39.5 Å². The zero-order valence-electron chi connectivity index (χ0n) is 9.93. The molecular formula is C10H16O6Y. The van der Waals surface area contributed by atoms with Gasteiger partial charge in [-0.3, -0.25) is 9.59 Å². The molecule has 6 nitrogen and oxygen atoms in total. The van der Waals surface area contributed by atoms with E-state index >= 15 is 0 Å². The minimum Gasteiger partial charge on any atom is -0.481 e. The number of ketones is 2. The first kappa shape index (κ1) is 21.6. The number of aliphatic carboxylic acids is 2. The number of carbonyl (C=O) groups excluding carboxylic acids is 2. The molecule has 0 bridgehead atoms. The van der Waals surface area contributed by atoms with Gasteiger partial charge in [-0.2, -0.15) is 0 Å². The van der Waals surface area contributed by atoms with Crippen LogP contribution in [-0.2, 0) is 51.9 Å². The molecule has 0 aliphatic heterocycles. The number of carboxylic acids is 2. The molecule has 0 fully saturated rings. The summed E-state index contributed by atoms with van der Waals surface area (Å²) < 4.78 is 0. The van der Waals surface area contributed by atoms with Crippen LogP contribution in [0.25, 0.3) is 0 Å². The van der Waals surface area contributed by atoms with Crippen molar-refractivity contribution in [1.29, 1.82) is 0 Å². The van der Waals surface area contributed by atoms with Crippen LogP contribution >= 0.6 is 0 Å². The van der Waals surface area contributed by atoms with Gasteiger partial charge in [0.1, 0.15) is 11.6 Å². The molecule has 0 unspecified atom stereocenters. The van der Waals surface area contributed by atoms with Crippen LogP contribution in [0.15, 0.2) is 0 Å². The van der Waals surface area contributed by atoms with E-state index in [1.54, 1.807) is 0 Å². The summed E-state index contributed by atoms with van der Waals surface area (Å²) in [5.41, 5.74) is 0. The predicted molar refractivity (Wildman–Crippen MR) is 55.1 cm³/mol. The van der Waals surface area contributed by atoms with Crippen LogP contribution in [0.2, 0.25) is 0 Å². The Morgan fingerprint density at radius 3 is 1.00 bits per heavy atom. The molecular weight excluding hydrogens is 305 g/mol. The van der Waals surface area contributed by atoms with Crippen molar-refractivity contribution in [3.63, 3.8) is 0 Å². The van der Waals surface area contributed by atoms with Gasteiger partial charge >= 0.3 is 11.9 Å². The van der Waals surface area contributed by atoms with Crippen molar-refractivity contribution in [2.24, 2.45) is 0 Å². The second-order valence-corrected chi connectivity index (χ2v) is 3.19. The van der Waals surface area contributed by atoms with Crippen molar-refractivity contribution in [3.8, 4) is 0 Å². The Morgan fingerprint density at radius 2 is 0.941 bits per heavy atom. The van der Waals surface area contributed by atoms with Gasteiger partial charge in [0.05, 0.1) is 12.8 Å². The van der Waals surface area contributed by atoms with E-state index in [0.29, 0.717) is 0 Å². The molecule has 0 atom stereocenters. The maximum absolute atomic E-state index is 10.1. The van der Waals surface area contributed by atoms with Gasteiger partial charge in [-0.1, -0.05) is 0 Å². The maximum atomic E-state index is 10.1. The summed E-state index contributed by atoms with van der Waals surface area (Å²) in [6.45, 7) is 2.76. The topological polar surface area (TPSA) is 109 Å². The Balaban J connectivity index is -0.000000218. The number of hydrogen-bond acceptors (Lipinski definition) is 4. The molecule has 0 saturated heterocycles. The summed E-state index contributed by atoms with van der Waals surface area (Å²) in [5.74, 6) is -1.99. The SMILES string of the molecule is CC(=O)CCC(=O)O.CC(=O)CCC(=O)O.[Y]. The van der Waals surface area contributed by atoms with Crippen LogP contribution in [0.4, 0.5) is 0 Å². The van der Waals surface area contributed by atoms with E-state index in [2.05, 4.69) is 0 Å². The largest absolute Gasteiger partial charge is 0.481 e. The zero-order valence-corrected chi connectivity index (χ0v) is 12.8. The van der Waals surface area contributed by atoms with E-state index in [0.717, 1.165) is 0 Å². The van der Waals surface area contributed by atoms with Crippen LogP contribution < -0.4 is 0 Å². The summed E-state index contributed by atoms with van der Waals surface area (Å²) in [5, 5.41) is 16.0. The van der Waals surface area contributed by atoms with E-state index in [1.165, 1.54) is 13.8 Å². The van der Waals surface area contributed by atoms with Gasteiger partial charge < -0.3 is 19.8 Å². The summed E-state index contributed by atoms with van der Waals surface area (Å²) >= 11 is 0. The Morgan fingerprint density at radius 1 is 0.706 bits per heavy atom. The second kappa shape index (κ2) is 13.4. The van der Waals surface area contributed by atoms with Crippen LogP contribution in [0.5, 0.6) is 0 Å². The van der Waals surface area contributed by atoms with Crippen molar-refractivity contribution in [3.05, 3.63) is 0 Å². The second-order valence-electron chi connectivity index (χ2n) is 3.19. The van der Waals surface area contributed by atoms with E-state index in [9.17, 15) is 19.2 Å². The van der Waals surface area contributed by atoms with Gasteiger partial charge in [0.25, 0.3) is 0 Å². The summed E-state index contributed by atoms with van der Waals surface area (Å²) in [4.78, 5) is 39.7. The Hall–Kier alpha value is -0.616. The molecule has 17 heavy (non-hydrogen) atoms. The molecule has 7 heteroatoms. The number of hydrogen-bond donors (Lipinski definition) is 2. The first-order valence-corrected chi connectivity index (χ1v) is 4.68. The van der Waals surface area contributed by atoms with Gasteiger partial charge in [0, 0.05) is 45.6 Å². The maximum Gasteiger partial charge on any atom is 0.303 e. The van der Waals surface area contributed by atoms with Crippen molar-refractivity contribution in [1.82, 2.24) is 0 Å². The van der Waals surface area contributed by atoms with Gasteiger partial charge in [-0.05, 0) is 13.8 Å². The third kappa shape index (κ3) is 31.3. The molecule has 0 aromatic rings. The number of rotatable bonds is 6. The number of carboxylic acid groups (broad SMARTS) is 2. The van der Waals surface area contributed by atoms with Crippen molar-refractivity contribution >= 4 is 23.5 Å². The quantitative estimate of drug-likeness (QED) is 0.751. The molecule has 0 heterocycles. The number of Topliss-reactive ketones (excluding diaryl/α,β-unsaturated/α-hetero) is 2. The molecule has 1 radical (unpaired) electrons. The molecule has 0 rings (SSSR count). The average Bonchev–Trinajstić information content (AvgIpc) is 2.12. The Bertz CT molecular complexity index is 218. The monoisotopic (exact) mass is 321 g/mol. The molecule has 95 valence electrons. The van der Waals surface area contributed by atoms with Gasteiger partial charge in [-0.15, -0.1) is 0 Å². The molecule has 0 aliphatic carbocycles. The molecule has 0 saturated carbocycles. The fourth-order valence-electron chi connectivity index (χ4n) is 0.566. The molecule has 0 amide bonds.